The summed E-state index contributed by atoms with van der Waals surface area (Å²) < 4.78 is 0. The largest absolute Gasteiger partial charge is 0.390 e. The second kappa shape index (κ2) is 8.87. The molecule has 0 fully saturated rings. The maximum absolute atomic E-state index is 11.9. The van der Waals surface area contributed by atoms with E-state index in [4.69, 9.17) is 28.5 Å². The van der Waals surface area contributed by atoms with E-state index in [0.717, 1.165) is 6.07 Å². The van der Waals surface area contributed by atoms with Gasteiger partial charge in [0, 0.05) is 30.4 Å². The summed E-state index contributed by atoms with van der Waals surface area (Å²) in [5, 5.41) is 24.9. The van der Waals surface area contributed by atoms with Gasteiger partial charge in [0.1, 0.15) is 16.7 Å². The SMILES string of the molecule is N#C/C(=C/NCCCCl)C(=O)Nc1ccc(Cl)c([N+](=O)[O-])c1. The lowest BCUT2D eigenvalue weighted by atomic mass is 10.2. The van der Waals surface area contributed by atoms with Crippen molar-refractivity contribution in [2.24, 2.45) is 0 Å². The highest BCUT2D eigenvalue weighted by Gasteiger charge is 2.15. The Kier molecular flexibility index (Phi) is 7.16. The monoisotopic (exact) mass is 342 g/mol. The number of nitro benzene ring substituents is 1. The van der Waals surface area contributed by atoms with Crippen molar-refractivity contribution in [2.45, 2.75) is 6.42 Å². The van der Waals surface area contributed by atoms with Crippen LogP contribution in [0.3, 0.4) is 0 Å². The minimum Gasteiger partial charge on any atom is -0.390 e. The first-order valence-corrected chi connectivity index (χ1v) is 7.05. The Morgan fingerprint density at radius 1 is 1.50 bits per heavy atom. The Bertz CT molecular complexity index is 641. The smallest absolute Gasteiger partial charge is 0.289 e. The Balaban J connectivity index is 2.81. The van der Waals surface area contributed by atoms with Crippen LogP contribution in [-0.2, 0) is 4.79 Å². The molecule has 1 rings (SSSR count). The number of nitriles is 1. The van der Waals surface area contributed by atoms with E-state index in [9.17, 15) is 14.9 Å². The minimum absolute atomic E-state index is 0.0400. The van der Waals surface area contributed by atoms with E-state index in [2.05, 4.69) is 10.6 Å². The minimum atomic E-state index is -0.683. The van der Waals surface area contributed by atoms with E-state index in [0.29, 0.717) is 18.8 Å². The van der Waals surface area contributed by atoms with Crippen molar-refractivity contribution in [1.82, 2.24) is 5.32 Å². The number of carbonyl (C=O) groups excluding carboxylic acids is 1. The molecule has 0 atom stereocenters. The predicted molar refractivity (Wildman–Crippen MR) is 83.8 cm³/mol. The van der Waals surface area contributed by atoms with Crippen molar-refractivity contribution in [1.29, 1.82) is 5.26 Å². The molecule has 0 unspecified atom stereocenters. The summed E-state index contributed by atoms with van der Waals surface area (Å²) in [7, 11) is 0. The molecule has 0 saturated carbocycles. The first kappa shape index (κ1) is 17.8. The number of alkyl halides is 1. The molecular formula is C13H12Cl2N4O3. The van der Waals surface area contributed by atoms with Crippen LogP contribution < -0.4 is 10.6 Å². The fourth-order valence-corrected chi connectivity index (χ4v) is 1.74. The lowest BCUT2D eigenvalue weighted by Crippen LogP contribution is -2.17. The molecule has 9 heteroatoms. The predicted octanol–water partition coefficient (Wildman–Crippen LogP) is 2.81. The van der Waals surface area contributed by atoms with Crippen LogP contribution in [0, 0.1) is 21.4 Å². The van der Waals surface area contributed by atoms with Gasteiger partial charge < -0.3 is 10.6 Å². The third-order valence-electron chi connectivity index (χ3n) is 2.47. The lowest BCUT2D eigenvalue weighted by molar-refractivity contribution is -0.384. The Morgan fingerprint density at radius 2 is 2.23 bits per heavy atom. The second-order valence-corrected chi connectivity index (χ2v) is 4.83. The molecular weight excluding hydrogens is 331 g/mol. The number of amides is 1. The van der Waals surface area contributed by atoms with Crippen molar-refractivity contribution in [3.05, 3.63) is 45.1 Å². The molecule has 116 valence electrons. The van der Waals surface area contributed by atoms with Crippen LogP contribution in [0.25, 0.3) is 0 Å². The van der Waals surface area contributed by atoms with E-state index in [1.165, 1.54) is 18.3 Å². The molecule has 22 heavy (non-hydrogen) atoms. The fraction of sp³-hybridized carbons (Fsp3) is 0.231. The van der Waals surface area contributed by atoms with E-state index >= 15 is 0 Å². The van der Waals surface area contributed by atoms with Gasteiger partial charge >= 0.3 is 0 Å². The second-order valence-electron chi connectivity index (χ2n) is 4.04. The van der Waals surface area contributed by atoms with Gasteiger partial charge in [-0.3, -0.25) is 14.9 Å². The molecule has 0 radical (unpaired) electrons. The number of rotatable bonds is 7. The molecule has 0 aliphatic heterocycles. The molecule has 0 saturated heterocycles. The summed E-state index contributed by atoms with van der Waals surface area (Å²) in [6, 6.07) is 5.56. The summed E-state index contributed by atoms with van der Waals surface area (Å²) in [5.41, 5.74) is -0.322. The van der Waals surface area contributed by atoms with Crippen molar-refractivity contribution in [3.63, 3.8) is 0 Å². The fourth-order valence-electron chi connectivity index (χ4n) is 1.42. The highest BCUT2D eigenvalue weighted by molar-refractivity contribution is 6.32. The summed E-state index contributed by atoms with van der Waals surface area (Å²) in [4.78, 5) is 22.0. The van der Waals surface area contributed by atoms with Gasteiger partial charge in [0.05, 0.1) is 4.92 Å². The van der Waals surface area contributed by atoms with Gasteiger partial charge in [-0.2, -0.15) is 5.26 Å². The average molecular weight is 343 g/mol. The molecule has 0 spiro atoms. The molecule has 0 aliphatic rings. The van der Waals surface area contributed by atoms with Crippen LogP contribution in [-0.4, -0.2) is 23.3 Å². The number of anilines is 1. The number of hydrogen-bond acceptors (Lipinski definition) is 5. The number of carbonyl (C=O) groups is 1. The van der Waals surface area contributed by atoms with Crippen LogP contribution in [0.4, 0.5) is 11.4 Å². The number of halogens is 2. The van der Waals surface area contributed by atoms with Gasteiger partial charge in [0.25, 0.3) is 11.6 Å². The average Bonchev–Trinajstić information content (AvgIpc) is 2.49. The molecule has 2 N–H and O–H groups in total. The summed E-state index contributed by atoms with van der Waals surface area (Å²) in [6.45, 7) is 0.522. The van der Waals surface area contributed by atoms with Crippen LogP contribution in [0.15, 0.2) is 30.0 Å². The lowest BCUT2D eigenvalue weighted by Gasteiger charge is -2.05. The number of nitrogens with one attached hydrogen (secondary N) is 2. The van der Waals surface area contributed by atoms with E-state index in [1.54, 1.807) is 6.07 Å². The Morgan fingerprint density at radius 3 is 2.82 bits per heavy atom. The van der Waals surface area contributed by atoms with Crippen LogP contribution >= 0.6 is 23.2 Å². The zero-order valence-electron chi connectivity index (χ0n) is 11.3. The topological polar surface area (TPSA) is 108 Å². The van der Waals surface area contributed by atoms with Crippen LogP contribution in [0.1, 0.15) is 6.42 Å². The summed E-state index contributed by atoms with van der Waals surface area (Å²) in [5.74, 6) is -0.221. The van der Waals surface area contributed by atoms with Gasteiger partial charge in [0.15, 0.2) is 0 Å². The summed E-state index contributed by atoms with van der Waals surface area (Å²) >= 11 is 11.2. The Hall–Kier alpha value is -2.30. The first-order chi connectivity index (χ1) is 10.5. The summed E-state index contributed by atoms with van der Waals surface area (Å²) in [6.07, 6.45) is 1.95. The molecule has 1 amide bonds. The van der Waals surface area contributed by atoms with E-state index in [-0.39, 0.29) is 22.0 Å². The molecule has 0 aliphatic carbocycles. The third kappa shape index (κ3) is 5.24. The van der Waals surface area contributed by atoms with Crippen molar-refractivity contribution < 1.29 is 9.72 Å². The molecule has 0 heterocycles. The first-order valence-electron chi connectivity index (χ1n) is 6.14. The van der Waals surface area contributed by atoms with E-state index in [1.807, 2.05) is 0 Å². The number of benzene rings is 1. The molecule has 0 bridgehead atoms. The third-order valence-corrected chi connectivity index (χ3v) is 3.05. The maximum atomic E-state index is 11.9. The van der Waals surface area contributed by atoms with Crippen molar-refractivity contribution in [3.8, 4) is 6.07 Å². The van der Waals surface area contributed by atoms with Crippen molar-refractivity contribution in [2.75, 3.05) is 17.7 Å². The van der Waals surface area contributed by atoms with Gasteiger partial charge in [-0.25, -0.2) is 0 Å². The van der Waals surface area contributed by atoms with Gasteiger partial charge in [0.2, 0.25) is 0 Å². The van der Waals surface area contributed by atoms with Gasteiger partial charge in [-0.15, -0.1) is 11.6 Å². The zero-order chi connectivity index (χ0) is 16.5. The van der Waals surface area contributed by atoms with Crippen LogP contribution in [0.2, 0.25) is 5.02 Å². The normalized spacial score (nSPS) is 10.7. The standard InChI is InChI=1S/C13H12Cl2N4O3/c14-4-1-5-17-8-9(7-16)13(20)18-10-2-3-11(15)12(6-10)19(21)22/h2-3,6,8,17H,1,4-5H2,(H,18,20)/b9-8-. The van der Waals surface area contributed by atoms with E-state index < -0.39 is 10.8 Å². The number of hydrogen-bond donors (Lipinski definition) is 2. The van der Waals surface area contributed by atoms with Gasteiger partial charge in [-0.1, -0.05) is 11.6 Å². The number of nitrogens with zero attached hydrogens (tertiary/aromatic N) is 2. The van der Waals surface area contributed by atoms with Gasteiger partial charge in [-0.05, 0) is 18.6 Å². The van der Waals surface area contributed by atoms with Crippen molar-refractivity contribution >= 4 is 40.5 Å². The maximum Gasteiger partial charge on any atom is 0.289 e. The molecule has 1 aromatic carbocycles. The van der Waals surface area contributed by atoms with Crippen LogP contribution in [0.5, 0.6) is 0 Å². The zero-order valence-corrected chi connectivity index (χ0v) is 12.8. The molecule has 7 nitrogen and oxygen atoms in total. The molecule has 0 aromatic heterocycles. The highest BCUT2D eigenvalue weighted by atomic mass is 35.5. The quantitative estimate of drug-likeness (QED) is 0.198. The number of nitro groups is 1. The highest BCUT2D eigenvalue weighted by Crippen LogP contribution is 2.27. The molecule has 1 aromatic rings. The Labute approximate surface area is 136 Å².